The molecule has 0 bridgehead atoms. The van der Waals surface area contributed by atoms with Gasteiger partial charge in [0.2, 0.25) is 0 Å². The van der Waals surface area contributed by atoms with Crippen molar-refractivity contribution < 1.29 is 52.1 Å². The summed E-state index contributed by atoms with van der Waals surface area (Å²) in [6.45, 7) is 2.25. The number of aliphatic imine (C=N–C) groups is 1. The molecule has 0 saturated carbocycles. The summed E-state index contributed by atoms with van der Waals surface area (Å²) in [5, 5.41) is 31.0. The predicted octanol–water partition coefficient (Wildman–Crippen LogP) is 1.14. The minimum Gasteiger partial charge on any atom is -2.00 e. The zero-order valence-electron chi connectivity index (χ0n) is 13.7. The van der Waals surface area contributed by atoms with Crippen molar-refractivity contribution in [1.29, 1.82) is 0 Å². The molecule has 0 fully saturated rings. The number of aliphatic hydroxyl groups excluding tert-OH is 1. The van der Waals surface area contributed by atoms with E-state index in [4.69, 9.17) is 9.84 Å². The van der Waals surface area contributed by atoms with Crippen LogP contribution in [0.25, 0.3) is 0 Å². The quantitative estimate of drug-likeness (QED) is 0.568. The third-order valence-electron chi connectivity index (χ3n) is 2.53. The smallest absolute Gasteiger partial charge is 0.143 e. The first-order valence-electron chi connectivity index (χ1n) is 6.75. The van der Waals surface area contributed by atoms with Crippen molar-refractivity contribution in [3.8, 4) is 17.2 Å². The molecule has 0 spiro atoms. The fourth-order valence-corrected chi connectivity index (χ4v) is 1.41. The molecule has 1 N–H and O–H groups in total. The van der Waals surface area contributed by atoms with E-state index in [1.54, 1.807) is 18.2 Å². The molecule has 2 rings (SSSR count). The van der Waals surface area contributed by atoms with Crippen molar-refractivity contribution in [1.82, 2.24) is 4.98 Å². The molecule has 0 aliphatic heterocycles. The standard InChI is InChI=1S/C13H12N2O3.C3H8O.Mo.2O/c1-18-11-6-2-4-9(12(11)17)8-15-13-10(16)5-3-7-14-13;1-2-3-4;;;/h2-8,16-17H,1H3;4H,2-3H2,1H3;;;/q;;;2*-2/p-2/b15-8+;;;;. The van der Waals surface area contributed by atoms with Crippen molar-refractivity contribution in [2.45, 2.75) is 13.3 Å². The van der Waals surface area contributed by atoms with Crippen LogP contribution in [0.1, 0.15) is 18.9 Å². The van der Waals surface area contributed by atoms with Crippen molar-refractivity contribution in [2.24, 2.45) is 4.99 Å². The minimum absolute atomic E-state index is 0. The van der Waals surface area contributed by atoms with Crippen LogP contribution in [-0.4, -0.2) is 30.0 Å². The van der Waals surface area contributed by atoms with Crippen molar-refractivity contribution in [3.05, 3.63) is 42.1 Å². The van der Waals surface area contributed by atoms with Gasteiger partial charge in [-0.3, -0.25) is 0 Å². The first-order valence-corrected chi connectivity index (χ1v) is 6.75. The first-order chi connectivity index (χ1) is 10.6. The number of methoxy groups -OCH3 is 1. The van der Waals surface area contributed by atoms with Gasteiger partial charge in [0, 0.05) is 40.1 Å². The molecule has 0 atom stereocenters. The maximum atomic E-state index is 11.8. The molecule has 1 heterocycles. The maximum Gasteiger partial charge on any atom is 0.143 e. The van der Waals surface area contributed by atoms with Crippen LogP contribution in [-0.2, 0) is 32.0 Å². The van der Waals surface area contributed by atoms with E-state index in [0.29, 0.717) is 12.2 Å². The number of nitrogens with zero attached hydrogens (tertiary/aromatic N) is 2. The summed E-state index contributed by atoms with van der Waals surface area (Å²) in [6, 6.07) is 7.74. The van der Waals surface area contributed by atoms with Crippen LogP contribution in [0.5, 0.6) is 17.2 Å². The molecule has 0 radical (unpaired) electrons. The van der Waals surface area contributed by atoms with E-state index in [1.807, 2.05) is 6.92 Å². The van der Waals surface area contributed by atoms with Crippen molar-refractivity contribution in [3.63, 3.8) is 0 Å². The molecule has 0 unspecified atom stereocenters. The molecular formula is C16H18MoN2O6-6. The molecule has 0 saturated heterocycles. The number of hydrogen-bond donors (Lipinski definition) is 1. The van der Waals surface area contributed by atoms with Gasteiger partial charge >= 0.3 is 0 Å². The summed E-state index contributed by atoms with van der Waals surface area (Å²) in [7, 11) is 1.42. The second-order valence-corrected chi connectivity index (χ2v) is 4.19. The fourth-order valence-electron chi connectivity index (χ4n) is 1.41. The van der Waals surface area contributed by atoms with Gasteiger partial charge in [-0.2, -0.15) is 0 Å². The van der Waals surface area contributed by atoms with Crippen LogP contribution in [0.3, 0.4) is 0 Å². The normalized spacial score (nSPS) is 8.92. The second kappa shape index (κ2) is 15.5. The number of pyridine rings is 1. The summed E-state index contributed by atoms with van der Waals surface area (Å²) in [5.41, 5.74) is 0.347. The van der Waals surface area contributed by atoms with Gasteiger partial charge in [0.15, 0.2) is 0 Å². The number of para-hydroxylation sites is 1. The molecular weight excluding hydrogens is 412 g/mol. The van der Waals surface area contributed by atoms with Crippen LogP contribution in [0.2, 0.25) is 0 Å². The van der Waals surface area contributed by atoms with Gasteiger partial charge in [-0.1, -0.05) is 36.6 Å². The first kappa shape index (κ1) is 27.8. The van der Waals surface area contributed by atoms with Crippen LogP contribution in [0.4, 0.5) is 5.82 Å². The maximum absolute atomic E-state index is 11.8. The second-order valence-electron chi connectivity index (χ2n) is 4.19. The molecule has 25 heavy (non-hydrogen) atoms. The fraction of sp³-hybridized carbons (Fsp3) is 0.250. The van der Waals surface area contributed by atoms with Gasteiger partial charge < -0.3 is 31.0 Å². The van der Waals surface area contributed by atoms with Gasteiger partial charge in [-0.25, -0.2) is 9.98 Å². The summed E-state index contributed by atoms with van der Waals surface area (Å²) >= 11 is 0. The van der Waals surface area contributed by atoms with Crippen molar-refractivity contribution in [2.75, 3.05) is 13.7 Å². The number of rotatable bonds is 4. The third-order valence-corrected chi connectivity index (χ3v) is 2.53. The molecule has 0 amide bonds. The summed E-state index contributed by atoms with van der Waals surface area (Å²) in [5.74, 6) is -0.265. The Morgan fingerprint density at radius 3 is 2.36 bits per heavy atom. The Kier molecular flexibility index (Phi) is 17.3. The Bertz CT molecular complexity index is 623. The molecule has 1 aromatic heterocycles. The minimum atomic E-state index is -0.288. The molecule has 0 aliphatic carbocycles. The van der Waals surface area contributed by atoms with Crippen LogP contribution in [0, 0.1) is 0 Å². The van der Waals surface area contributed by atoms with Crippen LogP contribution >= 0.6 is 0 Å². The van der Waals surface area contributed by atoms with Gasteiger partial charge in [0.25, 0.3) is 0 Å². The van der Waals surface area contributed by atoms with Crippen LogP contribution < -0.4 is 14.9 Å². The van der Waals surface area contributed by atoms with E-state index >= 15 is 0 Å². The molecule has 140 valence electrons. The van der Waals surface area contributed by atoms with Gasteiger partial charge in [0.05, 0.1) is 7.11 Å². The van der Waals surface area contributed by atoms with Crippen LogP contribution in [0.15, 0.2) is 41.5 Å². The number of benzene rings is 1. The zero-order chi connectivity index (χ0) is 16.4. The Labute approximate surface area is 160 Å². The largest absolute Gasteiger partial charge is 2.00 e. The number of hydrogen-bond acceptors (Lipinski definition) is 6. The van der Waals surface area contributed by atoms with Gasteiger partial charge in [0.1, 0.15) is 11.6 Å². The number of ether oxygens (including phenoxy) is 1. The number of aliphatic hydroxyl groups is 1. The van der Waals surface area contributed by atoms with Gasteiger partial charge in [-0.15, -0.1) is 0 Å². The Morgan fingerprint density at radius 1 is 1.20 bits per heavy atom. The Balaban J connectivity index is -0.000000629. The monoisotopic (exact) mass is 432 g/mol. The molecule has 1 aromatic carbocycles. The van der Waals surface area contributed by atoms with Gasteiger partial charge in [-0.05, 0) is 24.1 Å². The molecule has 0 aliphatic rings. The average Bonchev–Trinajstić information content (AvgIpc) is 2.55. The summed E-state index contributed by atoms with van der Waals surface area (Å²) in [6.07, 6.45) is 3.66. The SMILES string of the molecule is CCCO.COc1cccc(/C=N/c2ncccc2[O-])c1[O-].[Mo].[O-2].[O-2]. The zero-order valence-corrected chi connectivity index (χ0v) is 15.8. The topological polar surface area (TPSA) is 158 Å². The molecule has 9 heteroatoms. The predicted molar refractivity (Wildman–Crippen MR) is 82.1 cm³/mol. The van der Waals surface area contributed by atoms with Crippen molar-refractivity contribution >= 4 is 12.0 Å². The van der Waals surface area contributed by atoms with E-state index in [2.05, 4.69) is 9.98 Å². The summed E-state index contributed by atoms with van der Waals surface area (Å²) in [4.78, 5) is 7.73. The average molecular weight is 430 g/mol. The van der Waals surface area contributed by atoms with E-state index in [9.17, 15) is 10.2 Å². The number of aromatic nitrogens is 1. The Morgan fingerprint density at radius 2 is 1.84 bits per heavy atom. The molecule has 2 aromatic rings. The van der Waals surface area contributed by atoms with E-state index in [0.717, 1.165) is 6.42 Å². The summed E-state index contributed by atoms with van der Waals surface area (Å²) < 4.78 is 4.91. The third kappa shape index (κ3) is 9.16. The van der Waals surface area contributed by atoms with E-state index in [-0.39, 0.29) is 55.1 Å². The van der Waals surface area contributed by atoms with E-state index in [1.165, 1.54) is 31.7 Å². The Hall–Kier alpha value is -1.99. The van der Waals surface area contributed by atoms with E-state index < -0.39 is 0 Å². The molecule has 8 nitrogen and oxygen atoms in total.